The van der Waals surface area contributed by atoms with E-state index in [1.54, 1.807) is 36.5 Å². The zero-order valence-electron chi connectivity index (χ0n) is 19.6. The number of aryl methyl sites for hydroxylation is 1. The van der Waals surface area contributed by atoms with E-state index in [0.29, 0.717) is 11.4 Å². The normalized spacial score (nSPS) is 16.4. The zero-order valence-corrected chi connectivity index (χ0v) is 20.4. The smallest absolute Gasteiger partial charge is 0.321 e. The summed E-state index contributed by atoms with van der Waals surface area (Å²) in [4.78, 5) is 31.6. The molecule has 0 radical (unpaired) electrons. The second-order valence-electron chi connectivity index (χ2n) is 8.37. The number of anilines is 1. The maximum atomic E-state index is 13.4. The lowest BCUT2D eigenvalue weighted by Gasteiger charge is -2.39. The molecular formula is C25H26FN5O4S. The molecule has 2 aromatic carbocycles. The molecule has 2 N–H and O–H groups in total. The van der Waals surface area contributed by atoms with Gasteiger partial charge in [0.15, 0.2) is 0 Å². The van der Waals surface area contributed by atoms with Crippen LogP contribution in [0.3, 0.4) is 0 Å². The number of nitrogens with zero attached hydrogens (tertiary/aromatic N) is 3. The molecule has 0 saturated carbocycles. The van der Waals surface area contributed by atoms with Crippen molar-refractivity contribution in [3.05, 3.63) is 90.0 Å². The summed E-state index contributed by atoms with van der Waals surface area (Å²) in [7, 11) is -4.14. The van der Waals surface area contributed by atoms with Crippen molar-refractivity contribution in [2.45, 2.75) is 24.4 Å². The van der Waals surface area contributed by atoms with Gasteiger partial charge in [0.1, 0.15) is 11.9 Å². The Bertz CT molecular complexity index is 1320. The molecule has 188 valence electrons. The molecule has 1 aliphatic heterocycles. The van der Waals surface area contributed by atoms with Crippen LogP contribution in [0.5, 0.6) is 0 Å². The molecule has 1 aromatic heterocycles. The predicted molar refractivity (Wildman–Crippen MR) is 132 cm³/mol. The van der Waals surface area contributed by atoms with Crippen LogP contribution in [0, 0.1) is 12.7 Å². The van der Waals surface area contributed by atoms with Crippen molar-refractivity contribution in [3.63, 3.8) is 0 Å². The monoisotopic (exact) mass is 511 g/mol. The van der Waals surface area contributed by atoms with Crippen LogP contribution in [0.2, 0.25) is 0 Å². The molecule has 11 heteroatoms. The first-order valence-electron chi connectivity index (χ1n) is 11.3. The summed E-state index contributed by atoms with van der Waals surface area (Å²) in [5, 5.41) is 5.50. The molecule has 2 heterocycles. The fourth-order valence-corrected chi connectivity index (χ4v) is 5.40. The van der Waals surface area contributed by atoms with E-state index in [4.69, 9.17) is 0 Å². The van der Waals surface area contributed by atoms with E-state index in [1.165, 1.54) is 4.90 Å². The molecule has 1 unspecified atom stereocenters. The van der Waals surface area contributed by atoms with Gasteiger partial charge in [-0.15, -0.1) is 0 Å². The van der Waals surface area contributed by atoms with Crippen LogP contribution in [0.1, 0.15) is 11.3 Å². The Morgan fingerprint density at radius 1 is 1.03 bits per heavy atom. The number of aromatic nitrogens is 1. The lowest BCUT2D eigenvalue weighted by atomic mass is 10.2. The topological polar surface area (TPSA) is 112 Å². The second-order valence-corrected chi connectivity index (χ2v) is 10.3. The third-order valence-electron chi connectivity index (χ3n) is 5.81. The van der Waals surface area contributed by atoms with Crippen molar-refractivity contribution in [2.24, 2.45) is 0 Å². The van der Waals surface area contributed by atoms with E-state index >= 15 is 0 Å². The quantitative estimate of drug-likeness (QED) is 0.529. The minimum atomic E-state index is -4.14. The summed E-state index contributed by atoms with van der Waals surface area (Å²) in [5.41, 5.74) is 2.23. The molecule has 1 atom stereocenters. The third-order valence-corrected chi connectivity index (χ3v) is 7.74. The number of hydrogen-bond acceptors (Lipinski definition) is 5. The Labute approximate surface area is 209 Å². The predicted octanol–water partition coefficient (Wildman–Crippen LogP) is 2.75. The average Bonchev–Trinajstić information content (AvgIpc) is 2.89. The SMILES string of the molecule is Cc1ccc(NC(=O)N2CCN(S(=O)(=O)c3ccc(F)cc3)C(C(=O)NCc3ccccn3)C2)cc1. The average molecular weight is 512 g/mol. The van der Waals surface area contributed by atoms with Crippen LogP contribution in [0.25, 0.3) is 0 Å². The molecular weight excluding hydrogens is 485 g/mol. The number of carbonyl (C=O) groups is 2. The molecule has 0 aliphatic carbocycles. The lowest BCUT2D eigenvalue weighted by Crippen LogP contribution is -2.61. The Hall–Kier alpha value is -3.83. The number of sulfonamides is 1. The van der Waals surface area contributed by atoms with E-state index < -0.39 is 33.8 Å². The van der Waals surface area contributed by atoms with Crippen molar-refractivity contribution in [2.75, 3.05) is 25.0 Å². The highest BCUT2D eigenvalue weighted by Crippen LogP contribution is 2.23. The molecule has 1 saturated heterocycles. The summed E-state index contributed by atoms with van der Waals surface area (Å²) in [6.45, 7) is 1.83. The molecule has 1 aliphatic rings. The first-order valence-corrected chi connectivity index (χ1v) is 12.8. The van der Waals surface area contributed by atoms with Crippen LogP contribution in [-0.2, 0) is 21.4 Å². The summed E-state index contributed by atoms with van der Waals surface area (Å²) in [5.74, 6) is -1.14. The zero-order chi connectivity index (χ0) is 25.7. The van der Waals surface area contributed by atoms with Crippen molar-refractivity contribution in [1.82, 2.24) is 19.5 Å². The van der Waals surface area contributed by atoms with Gasteiger partial charge in [-0.1, -0.05) is 23.8 Å². The maximum Gasteiger partial charge on any atom is 0.321 e. The van der Waals surface area contributed by atoms with Crippen molar-refractivity contribution < 1.29 is 22.4 Å². The fourth-order valence-electron chi connectivity index (χ4n) is 3.83. The van der Waals surface area contributed by atoms with Crippen LogP contribution < -0.4 is 10.6 Å². The van der Waals surface area contributed by atoms with E-state index in [0.717, 1.165) is 34.1 Å². The molecule has 3 amide bonds. The summed E-state index contributed by atoms with van der Waals surface area (Å²) >= 11 is 0. The van der Waals surface area contributed by atoms with Gasteiger partial charge in [-0.2, -0.15) is 4.31 Å². The van der Waals surface area contributed by atoms with Gasteiger partial charge in [0.05, 0.1) is 17.1 Å². The van der Waals surface area contributed by atoms with Gasteiger partial charge in [-0.25, -0.2) is 17.6 Å². The number of piperazine rings is 1. The number of benzene rings is 2. The molecule has 4 rings (SSSR count). The van der Waals surface area contributed by atoms with Gasteiger partial charge in [0, 0.05) is 31.5 Å². The highest BCUT2D eigenvalue weighted by molar-refractivity contribution is 7.89. The molecule has 3 aromatic rings. The second kappa shape index (κ2) is 10.8. The van der Waals surface area contributed by atoms with E-state index in [2.05, 4.69) is 15.6 Å². The molecule has 36 heavy (non-hydrogen) atoms. The highest BCUT2D eigenvalue weighted by atomic mass is 32.2. The molecule has 9 nitrogen and oxygen atoms in total. The van der Waals surface area contributed by atoms with Crippen molar-refractivity contribution >= 4 is 27.6 Å². The molecule has 1 fully saturated rings. The fraction of sp³-hybridized carbons (Fsp3) is 0.240. The number of rotatable bonds is 6. The Balaban J connectivity index is 1.55. The van der Waals surface area contributed by atoms with Gasteiger partial charge in [0.25, 0.3) is 0 Å². The first-order chi connectivity index (χ1) is 17.2. The Morgan fingerprint density at radius 2 is 1.75 bits per heavy atom. The number of halogens is 1. The van der Waals surface area contributed by atoms with Crippen LogP contribution in [-0.4, -0.2) is 60.2 Å². The molecule has 0 spiro atoms. The molecule has 0 bridgehead atoms. The number of amides is 3. The summed E-state index contributed by atoms with van der Waals surface area (Å²) in [6, 6.07) is 15.3. The number of carbonyl (C=O) groups excluding carboxylic acids is 2. The van der Waals surface area contributed by atoms with Crippen molar-refractivity contribution in [3.8, 4) is 0 Å². The third kappa shape index (κ3) is 5.86. The number of nitrogens with one attached hydrogen (secondary N) is 2. The van der Waals surface area contributed by atoms with Crippen molar-refractivity contribution in [1.29, 1.82) is 0 Å². The van der Waals surface area contributed by atoms with Gasteiger partial charge in [-0.3, -0.25) is 9.78 Å². The van der Waals surface area contributed by atoms with Gasteiger partial charge in [0.2, 0.25) is 15.9 Å². The van der Waals surface area contributed by atoms with Crippen LogP contribution in [0.4, 0.5) is 14.9 Å². The number of urea groups is 1. The Morgan fingerprint density at radius 3 is 2.42 bits per heavy atom. The van der Waals surface area contributed by atoms with Gasteiger partial charge < -0.3 is 15.5 Å². The van der Waals surface area contributed by atoms with Gasteiger partial charge in [-0.05, 0) is 55.5 Å². The van der Waals surface area contributed by atoms with Crippen LogP contribution in [0.15, 0.2) is 77.8 Å². The minimum absolute atomic E-state index is 0.0716. The number of pyridine rings is 1. The summed E-state index contributed by atoms with van der Waals surface area (Å²) < 4.78 is 41.2. The number of hydrogen-bond donors (Lipinski definition) is 2. The summed E-state index contributed by atoms with van der Waals surface area (Å²) in [6.07, 6.45) is 1.59. The lowest BCUT2D eigenvalue weighted by molar-refractivity contribution is -0.126. The highest BCUT2D eigenvalue weighted by Gasteiger charge is 2.41. The first kappa shape index (κ1) is 25.3. The van der Waals surface area contributed by atoms with E-state index in [1.807, 2.05) is 19.1 Å². The largest absolute Gasteiger partial charge is 0.349 e. The van der Waals surface area contributed by atoms with E-state index in [-0.39, 0.29) is 31.1 Å². The minimum Gasteiger partial charge on any atom is -0.349 e. The van der Waals surface area contributed by atoms with E-state index in [9.17, 15) is 22.4 Å². The van der Waals surface area contributed by atoms with Gasteiger partial charge >= 0.3 is 6.03 Å². The van der Waals surface area contributed by atoms with Crippen LogP contribution >= 0.6 is 0 Å². The Kier molecular flexibility index (Phi) is 7.61. The standard InChI is InChI=1S/C25H26FN5O4S/c1-18-5-9-20(10-6-18)29-25(33)30-14-15-31(36(34,35)22-11-7-19(26)8-12-22)23(17-30)24(32)28-16-21-4-2-3-13-27-21/h2-13,23H,14-17H2,1H3,(H,28,32)(H,29,33). The maximum absolute atomic E-state index is 13.4.